The maximum Gasteiger partial charge on any atom is 0.0350 e. The highest BCUT2D eigenvalue weighted by Gasteiger charge is 2.23. The Morgan fingerprint density at radius 2 is 1.53 bits per heavy atom. The zero-order valence-electron chi connectivity index (χ0n) is 10.6. The van der Waals surface area contributed by atoms with Crippen LogP contribution in [0.5, 0.6) is 0 Å². The van der Waals surface area contributed by atoms with E-state index in [1.807, 2.05) is 0 Å². The van der Waals surface area contributed by atoms with Crippen LogP contribution in [0.2, 0.25) is 0 Å². The number of nitrogens with two attached hydrogens (primary N) is 1. The van der Waals surface area contributed by atoms with Crippen LogP contribution in [0.1, 0.15) is 32.4 Å². The molecule has 0 bridgehead atoms. The summed E-state index contributed by atoms with van der Waals surface area (Å²) < 4.78 is 0. The van der Waals surface area contributed by atoms with Gasteiger partial charge in [0.05, 0.1) is 0 Å². The molecule has 0 spiro atoms. The first-order valence-corrected chi connectivity index (χ1v) is 5.73. The minimum absolute atomic E-state index is 0. The van der Waals surface area contributed by atoms with Gasteiger partial charge in [0.1, 0.15) is 0 Å². The fourth-order valence-corrected chi connectivity index (χ4v) is 1.99. The summed E-state index contributed by atoms with van der Waals surface area (Å²) in [5, 5.41) is 2.53. The third kappa shape index (κ3) is 2.80. The van der Waals surface area contributed by atoms with Crippen molar-refractivity contribution in [3.8, 4) is 0 Å². The molecular formula is C15H20ClN. The molecule has 0 heterocycles. The van der Waals surface area contributed by atoms with Crippen molar-refractivity contribution >= 4 is 23.2 Å². The molecule has 2 rings (SSSR count). The molecule has 1 atom stereocenters. The van der Waals surface area contributed by atoms with Crippen molar-refractivity contribution in [2.75, 3.05) is 0 Å². The predicted octanol–water partition coefficient (Wildman–Crippen LogP) is 4.31. The molecule has 2 aromatic carbocycles. The zero-order chi connectivity index (χ0) is 11.8. The van der Waals surface area contributed by atoms with Crippen LogP contribution >= 0.6 is 12.4 Å². The number of fused-ring (bicyclic) bond motifs is 1. The molecule has 92 valence electrons. The number of hydrogen-bond acceptors (Lipinski definition) is 1. The van der Waals surface area contributed by atoms with Gasteiger partial charge in [0.2, 0.25) is 0 Å². The van der Waals surface area contributed by atoms with E-state index in [-0.39, 0.29) is 23.9 Å². The third-order valence-corrected chi connectivity index (χ3v) is 3.09. The Kier molecular flexibility index (Phi) is 4.18. The van der Waals surface area contributed by atoms with Crippen molar-refractivity contribution < 1.29 is 0 Å². The molecule has 0 aromatic heterocycles. The molecule has 0 fully saturated rings. The van der Waals surface area contributed by atoms with Crippen molar-refractivity contribution in [1.29, 1.82) is 0 Å². The highest BCUT2D eigenvalue weighted by molar-refractivity contribution is 5.86. The molecule has 0 amide bonds. The summed E-state index contributed by atoms with van der Waals surface area (Å²) in [6.07, 6.45) is 0. The molecule has 0 radical (unpaired) electrons. The molecule has 2 aromatic rings. The maximum atomic E-state index is 6.34. The fourth-order valence-electron chi connectivity index (χ4n) is 1.99. The molecule has 2 heteroatoms. The Hall–Kier alpha value is -1.05. The SMILES string of the molecule is CC(C)(C)[C@H](N)c1cccc2ccccc12.Cl. The van der Waals surface area contributed by atoms with Crippen LogP contribution in [0, 0.1) is 5.41 Å². The molecule has 0 unspecified atom stereocenters. The highest BCUT2D eigenvalue weighted by atomic mass is 35.5. The molecule has 0 aliphatic carbocycles. The lowest BCUT2D eigenvalue weighted by molar-refractivity contribution is 0.328. The van der Waals surface area contributed by atoms with Crippen LogP contribution in [-0.4, -0.2) is 0 Å². The molecular weight excluding hydrogens is 230 g/mol. The second kappa shape index (κ2) is 5.07. The Labute approximate surface area is 109 Å². The fraction of sp³-hybridized carbons (Fsp3) is 0.333. The molecule has 0 aliphatic rings. The van der Waals surface area contributed by atoms with E-state index >= 15 is 0 Å². The van der Waals surface area contributed by atoms with Gasteiger partial charge < -0.3 is 5.73 Å². The summed E-state index contributed by atoms with van der Waals surface area (Å²) in [5.74, 6) is 0. The average Bonchev–Trinajstić information content (AvgIpc) is 2.26. The Balaban J connectivity index is 0.00000144. The quantitative estimate of drug-likeness (QED) is 0.801. The van der Waals surface area contributed by atoms with Gasteiger partial charge in [0.15, 0.2) is 0 Å². The van der Waals surface area contributed by atoms with Gasteiger partial charge in [-0.3, -0.25) is 0 Å². The summed E-state index contributed by atoms with van der Waals surface area (Å²) in [7, 11) is 0. The lowest BCUT2D eigenvalue weighted by Crippen LogP contribution is -2.26. The second-order valence-electron chi connectivity index (χ2n) is 5.41. The van der Waals surface area contributed by atoms with Gasteiger partial charge in [-0.05, 0) is 21.8 Å². The first-order chi connectivity index (χ1) is 7.50. The number of rotatable bonds is 1. The van der Waals surface area contributed by atoms with E-state index in [1.54, 1.807) is 0 Å². The van der Waals surface area contributed by atoms with E-state index in [4.69, 9.17) is 5.73 Å². The van der Waals surface area contributed by atoms with Crippen molar-refractivity contribution in [3.05, 3.63) is 48.0 Å². The smallest absolute Gasteiger partial charge is 0.0350 e. The molecule has 0 saturated carbocycles. The first-order valence-electron chi connectivity index (χ1n) is 5.73. The van der Waals surface area contributed by atoms with Crippen molar-refractivity contribution in [3.63, 3.8) is 0 Å². The summed E-state index contributed by atoms with van der Waals surface area (Å²) in [5.41, 5.74) is 7.67. The Morgan fingerprint density at radius 3 is 2.18 bits per heavy atom. The largest absolute Gasteiger partial charge is 0.323 e. The van der Waals surface area contributed by atoms with Crippen molar-refractivity contribution in [1.82, 2.24) is 0 Å². The van der Waals surface area contributed by atoms with Crippen LogP contribution in [0.15, 0.2) is 42.5 Å². The van der Waals surface area contributed by atoms with E-state index in [0.717, 1.165) is 0 Å². The maximum absolute atomic E-state index is 6.34. The van der Waals surface area contributed by atoms with Crippen molar-refractivity contribution in [2.45, 2.75) is 26.8 Å². The Morgan fingerprint density at radius 1 is 0.941 bits per heavy atom. The lowest BCUT2D eigenvalue weighted by atomic mass is 9.81. The topological polar surface area (TPSA) is 26.0 Å². The Bertz CT molecular complexity index is 494. The van der Waals surface area contributed by atoms with E-state index in [2.05, 4.69) is 63.2 Å². The minimum Gasteiger partial charge on any atom is -0.323 e. The van der Waals surface area contributed by atoms with Gasteiger partial charge in [-0.25, -0.2) is 0 Å². The van der Waals surface area contributed by atoms with Gasteiger partial charge in [-0.15, -0.1) is 12.4 Å². The van der Waals surface area contributed by atoms with Crippen molar-refractivity contribution in [2.24, 2.45) is 11.1 Å². The zero-order valence-corrected chi connectivity index (χ0v) is 11.4. The summed E-state index contributed by atoms with van der Waals surface area (Å²) in [6.45, 7) is 6.54. The van der Waals surface area contributed by atoms with Crippen LogP contribution in [-0.2, 0) is 0 Å². The number of hydrogen-bond donors (Lipinski definition) is 1. The van der Waals surface area contributed by atoms with E-state index in [9.17, 15) is 0 Å². The predicted molar refractivity (Wildman–Crippen MR) is 77.6 cm³/mol. The number of benzene rings is 2. The molecule has 1 nitrogen and oxygen atoms in total. The van der Waals surface area contributed by atoms with Crippen LogP contribution in [0.3, 0.4) is 0 Å². The summed E-state index contributed by atoms with van der Waals surface area (Å²) in [4.78, 5) is 0. The van der Waals surface area contributed by atoms with E-state index < -0.39 is 0 Å². The normalized spacial score (nSPS) is 13.2. The van der Waals surface area contributed by atoms with E-state index in [1.165, 1.54) is 16.3 Å². The average molecular weight is 250 g/mol. The monoisotopic (exact) mass is 249 g/mol. The molecule has 0 saturated heterocycles. The first kappa shape index (κ1) is 14.0. The van der Waals surface area contributed by atoms with Gasteiger partial charge in [0, 0.05) is 6.04 Å². The minimum atomic E-state index is 0. The van der Waals surface area contributed by atoms with Gasteiger partial charge in [-0.2, -0.15) is 0 Å². The lowest BCUT2D eigenvalue weighted by Gasteiger charge is -2.28. The van der Waals surface area contributed by atoms with E-state index in [0.29, 0.717) is 0 Å². The third-order valence-electron chi connectivity index (χ3n) is 3.09. The van der Waals surface area contributed by atoms with Gasteiger partial charge in [0.25, 0.3) is 0 Å². The van der Waals surface area contributed by atoms with Gasteiger partial charge >= 0.3 is 0 Å². The van der Waals surface area contributed by atoms with Crippen LogP contribution in [0.4, 0.5) is 0 Å². The standard InChI is InChI=1S/C15H19N.ClH/c1-15(2,3)14(16)13-10-6-8-11-7-4-5-9-12(11)13;/h4-10,14H,16H2,1-3H3;1H/t14-;/m1./s1. The highest BCUT2D eigenvalue weighted by Crippen LogP contribution is 2.34. The second-order valence-corrected chi connectivity index (χ2v) is 5.41. The van der Waals surface area contributed by atoms with Crippen LogP contribution < -0.4 is 5.73 Å². The molecule has 2 N–H and O–H groups in total. The molecule has 17 heavy (non-hydrogen) atoms. The number of halogens is 1. The summed E-state index contributed by atoms with van der Waals surface area (Å²) in [6, 6.07) is 14.8. The van der Waals surface area contributed by atoms with Gasteiger partial charge in [-0.1, -0.05) is 63.2 Å². The summed E-state index contributed by atoms with van der Waals surface area (Å²) >= 11 is 0. The molecule has 0 aliphatic heterocycles. The van der Waals surface area contributed by atoms with Crippen LogP contribution in [0.25, 0.3) is 10.8 Å².